The van der Waals surface area contributed by atoms with Crippen LogP contribution in [0.1, 0.15) is 16.7 Å². The van der Waals surface area contributed by atoms with E-state index in [1.165, 1.54) is 5.56 Å². The fourth-order valence-electron chi connectivity index (χ4n) is 2.62. The van der Waals surface area contributed by atoms with Crippen LogP contribution in [-0.2, 0) is 4.79 Å². The van der Waals surface area contributed by atoms with E-state index >= 15 is 0 Å². The van der Waals surface area contributed by atoms with Crippen LogP contribution < -0.4 is 14.8 Å². The summed E-state index contributed by atoms with van der Waals surface area (Å²) in [6.45, 7) is 4.93. The number of nitrogens with one attached hydrogen (secondary N) is 1. The number of fused-ring (bicyclic) bond motifs is 1. The normalized spacial score (nSPS) is 16.2. The van der Waals surface area contributed by atoms with Gasteiger partial charge < -0.3 is 14.8 Å². The summed E-state index contributed by atoms with van der Waals surface area (Å²) >= 11 is 0. The zero-order valence-corrected chi connectivity index (χ0v) is 13.9. The Morgan fingerprint density at radius 2 is 2.00 bits per heavy atom. The molecule has 1 amide bonds. The third-order valence-electron chi connectivity index (χ3n) is 3.91. The van der Waals surface area contributed by atoms with Crippen LogP contribution in [-0.4, -0.2) is 25.2 Å². The number of carbonyl (C=O) groups is 1. The minimum absolute atomic E-state index is 0.141. The third kappa shape index (κ3) is 3.96. The number of rotatable bonds is 4. The maximum atomic E-state index is 12.0. The lowest BCUT2D eigenvalue weighted by molar-refractivity contribution is -0.116. The van der Waals surface area contributed by atoms with Gasteiger partial charge in [-0.05, 0) is 43.2 Å². The predicted molar refractivity (Wildman–Crippen MR) is 94.3 cm³/mol. The van der Waals surface area contributed by atoms with E-state index in [-0.39, 0.29) is 12.0 Å². The monoisotopic (exact) mass is 323 g/mol. The van der Waals surface area contributed by atoms with Gasteiger partial charge in [-0.1, -0.05) is 35.9 Å². The Morgan fingerprint density at radius 3 is 2.79 bits per heavy atom. The Hall–Kier alpha value is -2.75. The molecule has 2 aromatic rings. The highest BCUT2D eigenvalue weighted by Gasteiger charge is 2.20. The van der Waals surface area contributed by atoms with Gasteiger partial charge in [-0.3, -0.25) is 4.79 Å². The van der Waals surface area contributed by atoms with Gasteiger partial charge in [0.2, 0.25) is 5.91 Å². The largest absolute Gasteiger partial charge is 0.486 e. The fraction of sp³-hybridized carbons (Fsp3) is 0.250. The van der Waals surface area contributed by atoms with Gasteiger partial charge in [0.15, 0.2) is 11.5 Å². The van der Waals surface area contributed by atoms with Crippen LogP contribution >= 0.6 is 0 Å². The molecule has 0 saturated heterocycles. The van der Waals surface area contributed by atoms with Crippen molar-refractivity contribution in [2.75, 3.05) is 13.2 Å². The van der Waals surface area contributed by atoms with Crippen molar-refractivity contribution in [1.82, 2.24) is 5.32 Å². The van der Waals surface area contributed by atoms with Gasteiger partial charge in [0.1, 0.15) is 12.7 Å². The van der Waals surface area contributed by atoms with Crippen molar-refractivity contribution in [2.24, 2.45) is 0 Å². The summed E-state index contributed by atoms with van der Waals surface area (Å²) in [4.78, 5) is 12.0. The van der Waals surface area contributed by atoms with Gasteiger partial charge in [-0.15, -0.1) is 0 Å². The molecule has 0 saturated carbocycles. The van der Waals surface area contributed by atoms with Crippen molar-refractivity contribution in [3.05, 3.63) is 65.2 Å². The molecule has 0 aromatic heterocycles. The van der Waals surface area contributed by atoms with E-state index in [9.17, 15) is 4.79 Å². The quantitative estimate of drug-likeness (QED) is 0.879. The maximum Gasteiger partial charge on any atom is 0.244 e. The summed E-state index contributed by atoms with van der Waals surface area (Å²) in [5.41, 5.74) is 3.41. The molecule has 2 aromatic carbocycles. The molecule has 3 rings (SSSR count). The molecule has 124 valence electrons. The van der Waals surface area contributed by atoms with E-state index in [4.69, 9.17) is 9.47 Å². The molecule has 1 aliphatic heterocycles. The van der Waals surface area contributed by atoms with Crippen molar-refractivity contribution < 1.29 is 14.3 Å². The number of benzene rings is 2. The van der Waals surface area contributed by atoms with Gasteiger partial charge in [-0.2, -0.15) is 0 Å². The summed E-state index contributed by atoms with van der Waals surface area (Å²) < 4.78 is 11.4. The fourth-order valence-corrected chi connectivity index (χ4v) is 2.62. The van der Waals surface area contributed by atoms with Crippen LogP contribution in [0.5, 0.6) is 11.5 Å². The summed E-state index contributed by atoms with van der Waals surface area (Å²) in [7, 11) is 0. The van der Waals surface area contributed by atoms with Gasteiger partial charge >= 0.3 is 0 Å². The lowest BCUT2D eigenvalue weighted by atomic mass is 10.1. The molecule has 0 aliphatic carbocycles. The Balaban J connectivity index is 1.52. The molecule has 0 fully saturated rings. The number of hydrogen-bond acceptors (Lipinski definition) is 3. The highest BCUT2D eigenvalue weighted by atomic mass is 16.6. The Bertz CT molecular complexity index is 767. The molecular weight excluding hydrogens is 302 g/mol. The van der Waals surface area contributed by atoms with Gasteiger partial charge in [-0.25, -0.2) is 0 Å². The Labute approximate surface area is 142 Å². The second-order valence-corrected chi connectivity index (χ2v) is 5.94. The average Bonchev–Trinajstić information content (AvgIpc) is 2.59. The summed E-state index contributed by atoms with van der Waals surface area (Å²) in [6.07, 6.45) is 3.20. The first-order valence-electron chi connectivity index (χ1n) is 8.03. The lowest BCUT2D eigenvalue weighted by Gasteiger charge is -2.26. The van der Waals surface area contributed by atoms with Gasteiger partial charge in [0.05, 0.1) is 6.54 Å². The van der Waals surface area contributed by atoms with Crippen LogP contribution in [0.4, 0.5) is 0 Å². The minimum atomic E-state index is -0.182. The first-order chi connectivity index (χ1) is 11.6. The number of para-hydroxylation sites is 2. The summed E-state index contributed by atoms with van der Waals surface area (Å²) in [5.74, 6) is 1.32. The molecule has 24 heavy (non-hydrogen) atoms. The molecule has 4 nitrogen and oxygen atoms in total. The second-order valence-electron chi connectivity index (χ2n) is 5.94. The van der Waals surface area contributed by atoms with E-state index in [0.29, 0.717) is 18.9 Å². The SMILES string of the molecule is Cc1ccc(/C=C\C(=O)NC[C@H]2COc3ccccc3O2)c(C)c1. The highest BCUT2D eigenvalue weighted by Crippen LogP contribution is 2.30. The van der Waals surface area contributed by atoms with Crippen LogP contribution in [0.25, 0.3) is 6.08 Å². The highest BCUT2D eigenvalue weighted by molar-refractivity contribution is 5.91. The number of amides is 1. The van der Waals surface area contributed by atoms with E-state index in [2.05, 4.69) is 18.3 Å². The third-order valence-corrected chi connectivity index (χ3v) is 3.91. The second kappa shape index (κ2) is 7.21. The van der Waals surface area contributed by atoms with Crippen molar-refractivity contribution >= 4 is 12.0 Å². The maximum absolute atomic E-state index is 12.0. The minimum Gasteiger partial charge on any atom is -0.486 e. The van der Waals surface area contributed by atoms with Crippen LogP contribution in [0.2, 0.25) is 0 Å². The number of ether oxygens (including phenoxy) is 2. The van der Waals surface area contributed by atoms with Crippen LogP contribution in [0.3, 0.4) is 0 Å². The molecule has 1 aliphatic rings. The Morgan fingerprint density at radius 1 is 1.21 bits per heavy atom. The molecule has 1 heterocycles. The number of hydrogen-bond donors (Lipinski definition) is 1. The number of carbonyl (C=O) groups excluding carboxylic acids is 1. The lowest BCUT2D eigenvalue weighted by Crippen LogP contribution is -2.40. The first-order valence-corrected chi connectivity index (χ1v) is 8.03. The van der Waals surface area contributed by atoms with E-state index in [1.54, 1.807) is 6.08 Å². The summed E-state index contributed by atoms with van der Waals surface area (Å²) in [5, 5.41) is 2.85. The smallest absolute Gasteiger partial charge is 0.244 e. The molecule has 1 atom stereocenters. The van der Waals surface area contributed by atoms with Gasteiger partial charge in [0, 0.05) is 6.08 Å². The zero-order valence-electron chi connectivity index (χ0n) is 13.9. The number of aryl methyl sites for hydroxylation is 2. The van der Waals surface area contributed by atoms with Crippen molar-refractivity contribution in [3.8, 4) is 11.5 Å². The molecule has 1 N–H and O–H groups in total. The average molecular weight is 323 g/mol. The van der Waals surface area contributed by atoms with Crippen molar-refractivity contribution in [1.29, 1.82) is 0 Å². The summed E-state index contributed by atoms with van der Waals surface area (Å²) in [6, 6.07) is 13.7. The van der Waals surface area contributed by atoms with Gasteiger partial charge in [0.25, 0.3) is 0 Å². The standard InChI is InChI=1S/C20H21NO3/c1-14-7-8-16(15(2)11-14)9-10-20(22)21-12-17-13-23-18-5-3-4-6-19(18)24-17/h3-11,17H,12-13H2,1-2H3,(H,21,22)/b10-9-/t17-/m0/s1. The zero-order chi connectivity index (χ0) is 16.9. The van der Waals surface area contributed by atoms with Crippen molar-refractivity contribution in [3.63, 3.8) is 0 Å². The first kappa shape index (κ1) is 16.1. The molecule has 0 radical (unpaired) electrons. The van der Waals surface area contributed by atoms with Crippen LogP contribution in [0, 0.1) is 13.8 Å². The molecule has 4 heteroatoms. The predicted octanol–water partition coefficient (Wildman–Crippen LogP) is 3.27. The van der Waals surface area contributed by atoms with E-state index in [0.717, 1.165) is 16.9 Å². The van der Waals surface area contributed by atoms with Crippen LogP contribution in [0.15, 0.2) is 48.5 Å². The van der Waals surface area contributed by atoms with E-state index in [1.807, 2.05) is 49.4 Å². The molecule has 0 unspecified atom stereocenters. The Kier molecular flexibility index (Phi) is 4.85. The molecule has 0 bridgehead atoms. The topological polar surface area (TPSA) is 47.6 Å². The molecule has 0 spiro atoms. The van der Waals surface area contributed by atoms with Crippen molar-refractivity contribution in [2.45, 2.75) is 20.0 Å². The van der Waals surface area contributed by atoms with E-state index < -0.39 is 0 Å². The molecular formula is C20H21NO3.